The van der Waals surface area contributed by atoms with Crippen LogP contribution in [0.4, 0.5) is 5.69 Å². The lowest BCUT2D eigenvalue weighted by molar-refractivity contribution is -0.917. The first kappa shape index (κ1) is 18.7. The fourth-order valence-electron chi connectivity index (χ4n) is 3.44. The zero-order valence-corrected chi connectivity index (χ0v) is 16.7. The molecule has 1 aliphatic rings. The minimum Gasteiger partial charge on any atom is -0.496 e. The molecule has 2 N–H and O–H groups in total. The lowest BCUT2D eigenvalue weighted by Crippen LogP contribution is -3.13. The highest BCUT2D eigenvalue weighted by Crippen LogP contribution is 2.18. The van der Waals surface area contributed by atoms with E-state index in [2.05, 4.69) is 66.5 Å². The van der Waals surface area contributed by atoms with Crippen molar-refractivity contribution >= 4 is 23.0 Å². The Hall–Kier alpha value is -2.11. The lowest BCUT2D eigenvalue weighted by atomic mass is 10.1. The second-order valence-electron chi connectivity index (χ2n) is 7.03. The molecule has 4 nitrogen and oxygen atoms in total. The molecule has 0 radical (unpaired) electrons. The van der Waals surface area contributed by atoms with E-state index in [-0.39, 0.29) is 0 Å². The van der Waals surface area contributed by atoms with Crippen molar-refractivity contribution in [3.05, 3.63) is 59.2 Å². The number of quaternary nitrogens is 1. The van der Waals surface area contributed by atoms with E-state index in [1.165, 1.54) is 16.7 Å². The van der Waals surface area contributed by atoms with Crippen molar-refractivity contribution in [2.75, 3.05) is 38.6 Å². The first-order chi connectivity index (χ1) is 12.5. The summed E-state index contributed by atoms with van der Waals surface area (Å²) >= 11 is 5.61. The maximum absolute atomic E-state index is 5.61. The minimum atomic E-state index is 0.822. The molecule has 138 valence electrons. The van der Waals surface area contributed by atoms with Crippen molar-refractivity contribution in [2.45, 2.75) is 20.4 Å². The van der Waals surface area contributed by atoms with Gasteiger partial charge in [-0.1, -0.05) is 23.8 Å². The maximum atomic E-state index is 5.61. The SMILES string of the molecule is COc1ccc(C)cc1C[NH+]1CCN(C(=S)Nc2cccc(C)c2)CC1. The molecule has 0 amide bonds. The van der Waals surface area contributed by atoms with Crippen LogP contribution in [0.2, 0.25) is 0 Å². The molecule has 0 atom stereocenters. The molecular formula is C21H28N3OS+. The fraction of sp³-hybridized carbons (Fsp3) is 0.381. The summed E-state index contributed by atoms with van der Waals surface area (Å²) in [7, 11) is 1.75. The van der Waals surface area contributed by atoms with E-state index in [1.54, 1.807) is 12.0 Å². The number of nitrogens with one attached hydrogen (secondary N) is 2. The predicted molar refractivity (Wildman–Crippen MR) is 111 cm³/mol. The highest BCUT2D eigenvalue weighted by Gasteiger charge is 2.23. The van der Waals surface area contributed by atoms with E-state index in [1.807, 2.05) is 0 Å². The predicted octanol–water partition coefficient (Wildman–Crippen LogP) is 2.41. The number of benzene rings is 2. The summed E-state index contributed by atoms with van der Waals surface area (Å²) in [6.45, 7) is 9.32. The van der Waals surface area contributed by atoms with Crippen LogP contribution in [0.1, 0.15) is 16.7 Å². The molecule has 0 unspecified atom stereocenters. The van der Waals surface area contributed by atoms with Crippen LogP contribution in [0.3, 0.4) is 0 Å². The van der Waals surface area contributed by atoms with E-state index in [4.69, 9.17) is 17.0 Å². The highest BCUT2D eigenvalue weighted by molar-refractivity contribution is 7.80. The summed E-state index contributed by atoms with van der Waals surface area (Å²) < 4.78 is 5.52. The van der Waals surface area contributed by atoms with E-state index < -0.39 is 0 Å². The Bertz CT molecular complexity index is 770. The molecule has 26 heavy (non-hydrogen) atoms. The smallest absolute Gasteiger partial charge is 0.173 e. The number of hydrogen-bond donors (Lipinski definition) is 2. The molecule has 1 saturated heterocycles. The van der Waals surface area contributed by atoms with Gasteiger partial charge in [-0.05, 0) is 55.9 Å². The van der Waals surface area contributed by atoms with E-state index in [0.717, 1.165) is 49.3 Å². The molecule has 1 heterocycles. The van der Waals surface area contributed by atoms with Crippen molar-refractivity contribution in [1.29, 1.82) is 0 Å². The number of nitrogens with zero attached hydrogens (tertiary/aromatic N) is 1. The van der Waals surface area contributed by atoms with Crippen molar-refractivity contribution < 1.29 is 9.64 Å². The van der Waals surface area contributed by atoms with Crippen LogP contribution >= 0.6 is 12.2 Å². The van der Waals surface area contributed by atoms with Crippen LogP contribution < -0.4 is 15.0 Å². The van der Waals surface area contributed by atoms with Gasteiger partial charge in [0, 0.05) is 11.3 Å². The Morgan fingerprint density at radius 1 is 1.12 bits per heavy atom. The van der Waals surface area contributed by atoms with Crippen LogP contribution in [0.25, 0.3) is 0 Å². The quantitative estimate of drug-likeness (QED) is 0.809. The van der Waals surface area contributed by atoms with Crippen LogP contribution in [0.15, 0.2) is 42.5 Å². The first-order valence-electron chi connectivity index (χ1n) is 9.15. The van der Waals surface area contributed by atoms with E-state index >= 15 is 0 Å². The van der Waals surface area contributed by atoms with Gasteiger partial charge < -0.3 is 19.9 Å². The first-order valence-corrected chi connectivity index (χ1v) is 9.55. The minimum absolute atomic E-state index is 0.822. The zero-order chi connectivity index (χ0) is 18.5. The third-order valence-electron chi connectivity index (χ3n) is 4.90. The standard InChI is InChI=1S/C21H27N3OS/c1-16-5-4-6-19(14-16)22-21(26)24-11-9-23(10-12-24)15-18-13-17(2)7-8-20(18)25-3/h4-8,13-14H,9-12,15H2,1-3H3,(H,22,26)/p+1. The van der Waals surface area contributed by atoms with Crippen molar-refractivity contribution in [3.8, 4) is 5.75 Å². The number of rotatable bonds is 4. The monoisotopic (exact) mass is 370 g/mol. The fourth-order valence-corrected chi connectivity index (χ4v) is 3.74. The summed E-state index contributed by atoms with van der Waals surface area (Å²) in [6, 6.07) is 14.7. The topological polar surface area (TPSA) is 28.9 Å². The number of ether oxygens (including phenoxy) is 1. The third kappa shape index (κ3) is 4.74. The van der Waals surface area contributed by atoms with Crippen LogP contribution in [-0.4, -0.2) is 43.3 Å². The Kier molecular flexibility index (Phi) is 6.12. The molecule has 0 bridgehead atoms. The van der Waals surface area contributed by atoms with Crippen molar-refractivity contribution in [2.24, 2.45) is 0 Å². The molecule has 0 saturated carbocycles. The van der Waals surface area contributed by atoms with Crippen LogP contribution in [0, 0.1) is 13.8 Å². The summed E-state index contributed by atoms with van der Waals surface area (Å²) in [5.41, 5.74) is 4.87. The van der Waals surface area contributed by atoms with Gasteiger partial charge >= 0.3 is 0 Å². The second-order valence-corrected chi connectivity index (χ2v) is 7.42. The molecular weight excluding hydrogens is 342 g/mol. The van der Waals surface area contributed by atoms with Crippen LogP contribution in [0.5, 0.6) is 5.75 Å². The van der Waals surface area contributed by atoms with Gasteiger partial charge in [0.05, 0.1) is 33.3 Å². The molecule has 0 spiro atoms. The second kappa shape index (κ2) is 8.52. The molecule has 0 aromatic heterocycles. The average molecular weight is 371 g/mol. The number of aryl methyl sites for hydroxylation is 2. The van der Waals surface area contributed by atoms with Gasteiger partial charge in [0.15, 0.2) is 5.11 Å². The zero-order valence-electron chi connectivity index (χ0n) is 15.8. The van der Waals surface area contributed by atoms with Crippen LogP contribution in [-0.2, 0) is 6.54 Å². The Balaban J connectivity index is 1.54. The molecule has 2 aromatic carbocycles. The number of methoxy groups -OCH3 is 1. The van der Waals surface area contributed by atoms with Gasteiger partial charge in [-0.3, -0.25) is 0 Å². The molecule has 0 aliphatic carbocycles. The van der Waals surface area contributed by atoms with Crippen molar-refractivity contribution in [3.63, 3.8) is 0 Å². The Morgan fingerprint density at radius 3 is 2.54 bits per heavy atom. The lowest BCUT2D eigenvalue weighted by Gasteiger charge is -2.34. The summed E-state index contributed by atoms with van der Waals surface area (Å²) in [5, 5.41) is 4.19. The maximum Gasteiger partial charge on any atom is 0.173 e. The average Bonchev–Trinajstić information content (AvgIpc) is 2.62. The summed E-state index contributed by atoms with van der Waals surface area (Å²) in [5.74, 6) is 0.988. The molecule has 1 fully saturated rings. The third-order valence-corrected chi connectivity index (χ3v) is 5.26. The van der Waals surface area contributed by atoms with Gasteiger partial charge in [-0.2, -0.15) is 0 Å². The molecule has 1 aliphatic heterocycles. The normalized spacial score (nSPS) is 15.0. The van der Waals surface area contributed by atoms with Gasteiger partial charge in [-0.15, -0.1) is 0 Å². The summed E-state index contributed by atoms with van der Waals surface area (Å²) in [6.07, 6.45) is 0. The van der Waals surface area contributed by atoms with Gasteiger partial charge in [0.1, 0.15) is 12.3 Å². The Labute approximate surface area is 161 Å². The van der Waals surface area contributed by atoms with Gasteiger partial charge in [-0.25, -0.2) is 0 Å². The van der Waals surface area contributed by atoms with Crippen molar-refractivity contribution in [1.82, 2.24) is 4.90 Å². The number of hydrogen-bond acceptors (Lipinski definition) is 2. The number of piperazine rings is 1. The molecule has 2 aromatic rings. The van der Waals surface area contributed by atoms with E-state index in [0.29, 0.717) is 0 Å². The largest absolute Gasteiger partial charge is 0.496 e. The molecule has 3 rings (SSSR count). The van der Waals surface area contributed by atoms with Gasteiger partial charge in [0.2, 0.25) is 0 Å². The number of thiocarbonyl (C=S) groups is 1. The van der Waals surface area contributed by atoms with E-state index in [9.17, 15) is 0 Å². The Morgan fingerprint density at radius 2 is 1.85 bits per heavy atom. The summed E-state index contributed by atoms with van der Waals surface area (Å²) in [4.78, 5) is 3.85. The number of anilines is 1. The molecule has 5 heteroatoms. The highest BCUT2D eigenvalue weighted by atomic mass is 32.1. The van der Waals surface area contributed by atoms with Gasteiger partial charge in [0.25, 0.3) is 0 Å².